The number of guanidine groups is 1. The fourth-order valence-corrected chi connectivity index (χ4v) is 3.79. The summed E-state index contributed by atoms with van der Waals surface area (Å²) >= 11 is 0. The molecule has 0 saturated heterocycles. The van der Waals surface area contributed by atoms with Gasteiger partial charge in [-0.25, -0.2) is 0 Å². The molecule has 3 rings (SSSR count). The lowest BCUT2D eigenvalue weighted by Crippen LogP contribution is -2.53. The Labute approximate surface area is 121 Å². The van der Waals surface area contributed by atoms with Crippen molar-refractivity contribution in [3.05, 3.63) is 29.8 Å². The van der Waals surface area contributed by atoms with E-state index in [9.17, 15) is 0 Å². The molecule has 1 aromatic carbocycles. The van der Waals surface area contributed by atoms with Gasteiger partial charge < -0.3 is 10.6 Å². The number of nitrogens with zero attached hydrogens (tertiary/aromatic N) is 2. The number of hydrogen-bond donors (Lipinski definition) is 1. The minimum Gasteiger partial charge on any atom is -0.369 e. The summed E-state index contributed by atoms with van der Waals surface area (Å²) in [6.45, 7) is 5.30. The SMILES string of the molecule is CCC1CCC2(CC1)CN=C(N)N2c1cccc(C)c1. The molecule has 1 aromatic rings. The zero-order valence-corrected chi connectivity index (χ0v) is 12.6. The van der Waals surface area contributed by atoms with Gasteiger partial charge in [-0.2, -0.15) is 0 Å². The van der Waals surface area contributed by atoms with E-state index in [1.165, 1.54) is 43.4 Å². The molecule has 0 amide bonds. The summed E-state index contributed by atoms with van der Waals surface area (Å²) < 4.78 is 0. The fourth-order valence-electron chi connectivity index (χ4n) is 3.79. The molecule has 0 unspecified atom stereocenters. The molecule has 1 fully saturated rings. The predicted molar refractivity (Wildman–Crippen MR) is 85.1 cm³/mol. The number of rotatable bonds is 2. The largest absolute Gasteiger partial charge is 0.369 e. The van der Waals surface area contributed by atoms with Gasteiger partial charge in [0.15, 0.2) is 5.96 Å². The third-order valence-electron chi connectivity index (χ3n) is 5.11. The first-order valence-electron chi connectivity index (χ1n) is 7.81. The number of hydrogen-bond acceptors (Lipinski definition) is 3. The second kappa shape index (κ2) is 5.12. The number of aliphatic imine (C=N–C) groups is 1. The second-order valence-electron chi connectivity index (χ2n) is 6.42. The van der Waals surface area contributed by atoms with Crippen molar-refractivity contribution in [2.45, 2.75) is 51.5 Å². The van der Waals surface area contributed by atoms with E-state index < -0.39 is 0 Å². The van der Waals surface area contributed by atoms with Gasteiger partial charge in [-0.3, -0.25) is 4.99 Å². The van der Waals surface area contributed by atoms with Crippen LogP contribution in [-0.4, -0.2) is 18.0 Å². The number of aryl methyl sites for hydroxylation is 1. The predicted octanol–water partition coefficient (Wildman–Crippen LogP) is 3.47. The van der Waals surface area contributed by atoms with Crippen molar-refractivity contribution in [3.8, 4) is 0 Å². The van der Waals surface area contributed by atoms with E-state index in [0.29, 0.717) is 5.96 Å². The van der Waals surface area contributed by atoms with E-state index >= 15 is 0 Å². The average Bonchev–Trinajstić information content (AvgIpc) is 2.77. The Hall–Kier alpha value is -1.51. The van der Waals surface area contributed by atoms with E-state index in [-0.39, 0.29) is 5.54 Å². The summed E-state index contributed by atoms with van der Waals surface area (Å²) in [6.07, 6.45) is 6.34. The van der Waals surface area contributed by atoms with E-state index in [1.54, 1.807) is 0 Å². The highest BCUT2D eigenvalue weighted by Crippen LogP contribution is 2.42. The van der Waals surface area contributed by atoms with Gasteiger partial charge >= 0.3 is 0 Å². The Kier molecular flexibility index (Phi) is 3.45. The Morgan fingerprint density at radius 1 is 1.35 bits per heavy atom. The summed E-state index contributed by atoms with van der Waals surface area (Å²) in [5.74, 6) is 1.59. The molecule has 0 bridgehead atoms. The molecular formula is C17H25N3. The Morgan fingerprint density at radius 3 is 2.75 bits per heavy atom. The number of anilines is 1. The van der Waals surface area contributed by atoms with Crippen molar-refractivity contribution in [2.24, 2.45) is 16.6 Å². The zero-order valence-electron chi connectivity index (χ0n) is 12.6. The maximum absolute atomic E-state index is 6.21. The maximum atomic E-state index is 6.21. The van der Waals surface area contributed by atoms with Crippen LogP contribution in [0.5, 0.6) is 0 Å². The van der Waals surface area contributed by atoms with E-state index in [2.05, 4.69) is 48.0 Å². The van der Waals surface area contributed by atoms with Gasteiger partial charge in [-0.15, -0.1) is 0 Å². The minimum atomic E-state index is 0.142. The van der Waals surface area contributed by atoms with Crippen LogP contribution < -0.4 is 10.6 Å². The molecule has 0 radical (unpaired) electrons. The van der Waals surface area contributed by atoms with Crippen molar-refractivity contribution in [2.75, 3.05) is 11.4 Å². The lowest BCUT2D eigenvalue weighted by molar-refractivity contribution is 0.244. The Bertz CT molecular complexity index is 513. The lowest BCUT2D eigenvalue weighted by Gasteiger charge is -2.44. The van der Waals surface area contributed by atoms with Crippen molar-refractivity contribution in [1.29, 1.82) is 0 Å². The summed E-state index contributed by atoms with van der Waals surface area (Å²) in [7, 11) is 0. The Morgan fingerprint density at radius 2 is 2.10 bits per heavy atom. The number of nitrogens with two attached hydrogens (primary N) is 1. The molecule has 3 nitrogen and oxygen atoms in total. The second-order valence-corrected chi connectivity index (χ2v) is 6.42. The molecule has 2 aliphatic rings. The molecule has 1 heterocycles. The maximum Gasteiger partial charge on any atom is 0.196 e. The highest BCUT2D eigenvalue weighted by molar-refractivity contribution is 5.98. The summed E-state index contributed by atoms with van der Waals surface area (Å²) in [5.41, 5.74) is 8.84. The highest BCUT2D eigenvalue weighted by atomic mass is 15.4. The standard InChI is InChI=1S/C17H25N3/c1-3-14-7-9-17(10-8-14)12-19-16(18)20(17)15-6-4-5-13(2)11-15/h4-6,11,14H,3,7-10,12H2,1-2H3,(H2,18,19). The molecule has 1 aliphatic heterocycles. The molecule has 1 spiro atoms. The first-order chi connectivity index (χ1) is 9.64. The van der Waals surface area contributed by atoms with Gasteiger partial charge in [0, 0.05) is 5.69 Å². The Balaban J connectivity index is 1.89. The van der Waals surface area contributed by atoms with Gasteiger partial charge in [0.05, 0.1) is 12.1 Å². The van der Waals surface area contributed by atoms with E-state index in [0.717, 1.165) is 12.5 Å². The zero-order chi connectivity index (χ0) is 14.2. The molecular weight excluding hydrogens is 246 g/mol. The number of benzene rings is 1. The monoisotopic (exact) mass is 271 g/mol. The van der Waals surface area contributed by atoms with Crippen molar-refractivity contribution in [1.82, 2.24) is 0 Å². The van der Waals surface area contributed by atoms with Gasteiger partial charge in [-0.05, 0) is 56.2 Å². The topological polar surface area (TPSA) is 41.6 Å². The van der Waals surface area contributed by atoms with Gasteiger partial charge in [0.2, 0.25) is 0 Å². The highest BCUT2D eigenvalue weighted by Gasteiger charge is 2.45. The molecule has 3 heteroatoms. The fraction of sp³-hybridized carbons (Fsp3) is 0.588. The summed E-state index contributed by atoms with van der Waals surface area (Å²) in [6, 6.07) is 8.63. The van der Waals surface area contributed by atoms with E-state index in [4.69, 9.17) is 5.73 Å². The van der Waals surface area contributed by atoms with Gasteiger partial charge in [0.1, 0.15) is 0 Å². The molecule has 20 heavy (non-hydrogen) atoms. The molecule has 2 N–H and O–H groups in total. The minimum absolute atomic E-state index is 0.142. The molecule has 0 aromatic heterocycles. The van der Waals surface area contributed by atoms with Crippen LogP contribution in [0.1, 0.15) is 44.6 Å². The van der Waals surface area contributed by atoms with Crippen LogP contribution in [0.3, 0.4) is 0 Å². The quantitative estimate of drug-likeness (QED) is 0.895. The van der Waals surface area contributed by atoms with Crippen LogP contribution in [0, 0.1) is 12.8 Å². The van der Waals surface area contributed by atoms with Crippen LogP contribution in [0.15, 0.2) is 29.3 Å². The molecule has 0 atom stereocenters. The third-order valence-corrected chi connectivity index (χ3v) is 5.11. The van der Waals surface area contributed by atoms with Gasteiger partial charge in [0.25, 0.3) is 0 Å². The van der Waals surface area contributed by atoms with Crippen LogP contribution in [0.4, 0.5) is 5.69 Å². The smallest absolute Gasteiger partial charge is 0.196 e. The van der Waals surface area contributed by atoms with Gasteiger partial charge in [-0.1, -0.05) is 25.5 Å². The first-order valence-corrected chi connectivity index (χ1v) is 7.81. The van der Waals surface area contributed by atoms with Crippen LogP contribution >= 0.6 is 0 Å². The molecule has 108 valence electrons. The average molecular weight is 271 g/mol. The lowest BCUT2D eigenvalue weighted by atomic mass is 9.75. The molecule has 1 aliphatic carbocycles. The summed E-state index contributed by atoms with van der Waals surface area (Å²) in [4.78, 5) is 6.88. The third kappa shape index (κ3) is 2.19. The van der Waals surface area contributed by atoms with Crippen LogP contribution in [-0.2, 0) is 0 Å². The van der Waals surface area contributed by atoms with Crippen molar-refractivity contribution >= 4 is 11.6 Å². The first kappa shape index (κ1) is 13.5. The van der Waals surface area contributed by atoms with Crippen LogP contribution in [0.25, 0.3) is 0 Å². The van der Waals surface area contributed by atoms with Crippen molar-refractivity contribution < 1.29 is 0 Å². The van der Waals surface area contributed by atoms with E-state index in [1.807, 2.05) is 0 Å². The molecule has 1 saturated carbocycles. The van der Waals surface area contributed by atoms with Crippen LogP contribution in [0.2, 0.25) is 0 Å². The normalized spacial score (nSPS) is 29.8. The summed E-state index contributed by atoms with van der Waals surface area (Å²) in [5, 5.41) is 0. The van der Waals surface area contributed by atoms with Crippen molar-refractivity contribution in [3.63, 3.8) is 0 Å².